The molecule has 1 aliphatic carbocycles. The summed E-state index contributed by atoms with van der Waals surface area (Å²) in [6.07, 6.45) is 4.27. The van der Waals surface area contributed by atoms with Gasteiger partial charge in [-0.1, -0.05) is 12.1 Å². The number of hydrogen-bond donors (Lipinski definition) is 2. The Balaban J connectivity index is 1.77. The zero-order chi connectivity index (χ0) is 15.0. The molecule has 1 unspecified atom stereocenters. The van der Waals surface area contributed by atoms with Crippen molar-refractivity contribution in [3.63, 3.8) is 0 Å². The number of urea groups is 1. The number of hydrogen-bond acceptors (Lipinski definition) is 3. The molecule has 1 aromatic carbocycles. The molecule has 0 bridgehead atoms. The van der Waals surface area contributed by atoms with E-state index in [0.29, 0.717) is 6.54 Å². The molecule has 114 valence electrons. The predicted octanol–water partition coefficient (Wildman–Crippen LogP) is 2.62. The van der Waals surface area contributed by atoms with Gasteiger partial charge in [-0.2, -0.15) is 0 Å². The molecule has 2 aliphatic rings. The van der Waals surface area contributed by atoms with E-state index >= 15 is 0 Å². The number of benzene rings is 1. The van der Waals surface area contributed by atoms with Gasteiger partial charge in [-0.05, 0) is 42.9 Å². The maximum Gasteiger partial charge on any atom is 0.321 e. The molecule has 1 aliphatic heterocycles. The first kappa shape index (κ1) is 14.4. The molecule has 1 atom stereocenters. The zero-order valence-electron chi connectivity index (χ0n) is 12.7. The first-order chi connectivity index (χ1) is 10.0. The van der Waals surface area contributed by atoms with Crippen LogP contribution in [0.2, 0.25) is 0 Å². The monoisotopic (exact) mass is 289 g/mol. The third-order valence-corrected chi connectivity index (χ3v) is 4.84. The van der Waals surface area contributed by atoms with E-state index in [0.717, 1.165) is 36.1 Å². The lowest BCUT2D eigenvalue weighted by Crippen LogP contribution is -2.42. The van der Waals surface area contributed by atoms with E-state index in [1.54, 1.807) is 19.1 Å². The van der Waals surface area contributed by atoms with Gasteiger partial charge in [0.1, 0.15) is 0 Å². The van der Waals surface area contributed by atoms with Crippen LogP contribution in [0.25, 0.3) is 0 Å². The van der Waals surface area contributed by atoms with E-state index in [1.807, 2.05) is 12.1 Å². The molecule has 0 aromatic heterocycles. The van der Waals surface area contributed by atoms with E-state index in [2.05, 4.69) is 11.4 Å². The van der Waals surface area contributed by atoms with Crippen molar-refractivity contribution in [2.45, 2.75) is 43.9 Å². The van der Waals surface area contributed by atoms with Gasteiger partial charge < -0.3 is 20.7 Å². The number of nitrogens with one attached hydrogen (secondary N) is 1. The largest absolute Gasteiger partial charge is 0.378 e. The summed E-state index contributed by atoms with van der Waals surface area (Å²) in [6.45, 7) is 0.622. The molecule has 5 nitrogen and oxygen atoms in total. The van der Waals surface area contributed by atoms with Crippen LogP contribution in [0.4, 0.5) is 10.5 Å². The van der Waals surface area contributed by atoms with Gasteiger partial charge in [0.25, 0.3) is 0 Å². The third kappa shape index (κ3) is 2.63. The molecule has 21 heavy (non-hydrogen) atoms. The van der Waals surface area contributed by atoms with Crippen molar-refractivity contribution in [1.82, 2.24) is 4.90 Å². The molecule has 0 spiro atoms. The van der Waals surface area contributed by atoms with E-state index in [-0.39, 0.29) is 17.7 Å². The Morgan fingerprint density at radius 2 is 2.24 bits per heavy atom. The van der Waals surface area contributed by atoms with Crippen LogP contribution in [-0.4, -0.2) is 30.7 Å². The second-order valence-electron chi connectivity index (χ2n) is 6.25. The van der Waals surface area contributed by atoms with Gasteiger partial charge >= 0.3 is 6.03 Å². The number of nitrogens with two attached hydrogens (primary N) is 1. The number of nitrogens with zero attached hydrogens (tertiary/aromatic N) is 1. The van der Waals surface area contributed by atoms with Crippen molar-refractivity contribution in [1.29, 1.82) is 0 Å². The van der Waals surface area contributed by atoms with Gasteiger partial charge in [0.05, 0.1) is 5.60 Å². The third-order valence-electron chi connectivity index (χ3n) is 4.84. The van der Waals surface area contributed by atoms with Gasteiger partial charge in [-0.3, -0.25) is 0 Å². The van der Waals surface area contributed by atoms with Crippen LogP contribution in [0, 0.1) is 0 Å². The highest BCUT2D eigenvalue weighted by atomic mass is 16.5. The van der Waals surface area contributed by atoms with E-state index in [9.17, 15) is 4.79 Å². The number of carbonyl (C=O) groups excluding carboxylic acids is 1. The summed E-state index contributed by atoms with van der Waals surface area (Å²) in [5.74, 6) is 0. The maximum atomic E-state index is 11.6. The lowest BCUT2D eigenvalue weighted by molar-refractivity contribution is -0.0817. The summed E-state index contributed by atoms with van der Waals surface area (Å²) in [5, 5.41) is 2.88. The summed E-state index contributed by atoms with van der Waals surface area (Å²) < 4.78 is 5.66. The molecular formula is C16H23N3O2. The molecule has 1 heterocycles. The first-order valence-corrected chi connectivity index (χ1v) is 7.49. The van der Waals surface area contributed by atoms with E-state index in [1.165, 1.54) is 6.42 Å². The highest BCUT2D eigenvalue weighted by molar-refractivity contribution is 5.92. The fourth-order valence-corrected chi connectivity index (χ4v) is 3.22. The van der Waals surface area contributed by atoms with Crippen LogP contribution in [0.15, 0.2) is 18.2 Å². The number of methoxy groups -OCH3 is 1. The minimum atomic E-state index is -0.0626. The summed E-state index contributed by atoms with van der Waals surface area (Å²) in [7, 11) is 3.57. The number of ether oxygens (including phenoxy) is 1. The van der Waals surface area contributed by atoms with Crippen LogP contribution in [0.1, 0.15) is 42.9 Å². The SMILES string of the molecule is COC1(CC(N)c2ccc3c(c2)CN(C)C(=O)N3)CCC1. The Labute approximate surface area is 125 Å². The van der Waals surface area contributed by atoms with Crippen molar-refractivity contribution in [2.75, 3.05) is 19.5 Å². The van der Waals surface area contributed by atoms with Crippen molar-refractivity contribution in [3.8, 4) is 0 Å². The molecule has 3 rings (SSSR count). The van der Waals surface area contributed by atoms with Crippen LogP contribution in [0.5, 0.6) is 0 Å². The summed E-state index contributed by atoms with van der Waals surface area (Å²) in [5.41, 5.74) is 9.47. The van der Waals surface area contributed by atoms with Crippen LogP contribution >= 0.6 is 0 Å². The molecule has 0 radical (unpaired) electrons. The van der Waals surface area contributed by atoms with Crippen LogP contribution in [-0.2, 0) is 11.3 Å². The van der Waals surface area contributed by atoms with Crippen molar-refractivity contribution >= 4 is 11.7 Å². The Morgan fingerprint density at radius 3 is 2.86 bits per heavy atom. The average Bonchev–Trinajstić information content (AvgIpc) is 2.43. The molecule has 2 amide bonds. The number of carbonyl (C=O) groups is 1. The highest BCUT2D eigenvalue weighted by Gasteiger charge is 2.38. The van der Waals surface area contributed by atoms with E-state index < -0.39 is 0 Å². The fourth-order valence-electron chi connectivity index (χ4n) is 3.22. The number of rotatable bonds is 4. The minimum Gasteiger partial charge on any atom is -0.378 e. The quantitative estimate of drug-likeness (QED) is 0.895. The maximum absolute atomic E-state index is 11.6. The lowest BCUT2D eigenvalue weighted by Gasteiger charge is -2.42. The van der Waals surface area contributed by atoms with E-state index in [4.69, 9.17) is 10.5 Å². The first-order valence-electron chi connectivity index (χ1n) is 7.49. The molecule has 1 saturated carbocycles. The standard InChI is InChI=1S/C16H23N3O2/c1-19-10-12-8-11(4-5-14(12)18-15(19)20)13(17)9-16(21-2)6-3-7-16/h4-5,8,13H,3,6-7,9-10,17H2,1-2H3,(H,18,20). The summed E-state index contributed by atoms with van der Waals surface area (Å²) >= 11 is 0. The topological polar surface area (TPSA) is 67.6 Å². The molecular weight excluding hydrogens is 266 g/mol. The van der Waals surface area contributed by atoms with Crippen molar-refractivity contribution < 1.29 is 9.53 Å². The van der Waals surface area contributed by atoms with Gasteiger partial charge in [0.2, 0.25) is 0 Å². The molecule has 5 heteroatoms. The van der Waals surface area contributed by atoms with Crippen molar-refractivity contribution in [2.24, 2.45) is 5.73 Å². The summed E-state index contributed by atoms with van der Waals surface area (Å²) in [4.78, 5) is 13.3. The van der Waals surface area contributed by atoms with Crippen LogP contribution in [0.3, 0.4) is 0 Å². The number of fused-ring (bicyclic) bond motifs is 1. The molecule has 1 aromatic rings. The van der Waals surface area contributed by atoms with Gasteiger partial charge in [0, 0.05) is 32.4 Å². The van der Waals surface area contributed by atoms with Crippen molar-refractivity contribution in [3.05, 3.63) is 29.3 Å². The summed E-state index contributed by atoms with van der Waals surface area (Å²) in [6, 6.07) is 5.98. The Hall–Kier alpha value is -1.59. The Bertz CT molecular complexity index is 549. The molecule has 3 N–H and O–H groups in total. The molecule has 1 fully saturated rings. The predicted molar refractivity (Wildman–Crippen MR) is 82.1 cm³/mol. The van der Waals surface area contributed by atoms with Gasteiger partial charge in [0.15, 0.2) is 0 Å². The normalized spacial score (nSPS) is 21.3. The minimum absolute atomic E-state index is 0.0275. The fraction of sp³-hybridized carbons (Fsp3) is 0.562. The highest BCUT2D eigenvalue weighted by Crippen LogP contribution is 2.41. The smallest absolute Gasteiger partial charge is 0.321 e. The van der Waals surface area contributed by atoms with Crippen LogP contribution < -0.4 is 11.1 Å². The Kier molecular flexibility index (Phi) is 3.63. The number of amides is 2. The second kappa shape index (κ2) is 5.31. The lowest BCUT2D eigenvalue weighted by atomic mass is 9.75. The Morgan fingerprint density at radius 1 is 1.48 bits per heavy atom. The average molecular weight is 289 g/mol. The second-order valence-corrected chi connectivity index (χ2v) is 6.25. The van der Waals surface area contributed by atoms with Gasteiger partial charge in [-0.25, -0.2) is 4.79 Å². The number of anilines is 1. The molecule has 0 saturated heterocycles. The van der Waals surface area contributed by atoms with Gasteiger partial charge in [-0.15, -0.1) is 0 Å². The zero-order valence-corrected chi connectivity index (χ0v) is 12.7.